The maximum absolute atomic E-state index is 13.4. The Bertz CT molecular complexity index is 1760. The highest BCUT2D eigenvalue weighted by molar-refractivity contribution is 9.10. The van der Waals surface area contributed by atoms with E-state index in [9.17, 15) is 9.59 Å². The molecule has 0 bridgehead atoms. The third kappa shape index (κ3) is 5.56. The van der Waals surface area contributed by atoms with Crippen LogP contribution in [0.15, 0.2) is 90.0 Å². The van der Waals surface area contributed by atoms with Gasteiger partial charge in [0.2, 0.25) is 5.82 Å². The largest absolute Gasteiger partial charge is 0.481 e. The van der Waals surface area contributed by atoms with Crippen molar-refractivity contribution >= 4 is 65.9 Å². The number of ether oxygens (including phenoxy) is 2. The third-order valence-corrected chi connectivity index (χ3v) is 6.56. The van der Waals surface area contributed by atoms with E-state index in [4.69, 9.17) is 18.9 Å². The van der Waals surface area contributed by atoms with Crippen LogP contribution in [0, 0.1) is 0 Å². The molecule has 192 valence electrons. The zero-order valence-corrected chi connectivity index (χ0v) is 23.5. The van der Waals surface area contributed by atoms with E-state index in [1.807, 2.05) is 30.3 Å². The van der Waals surface area contributed by atoms with Gasteiger partial charge in [-0.15, -0.1) is 0 Å². The van der Waals surface area contributed by atoms with Gasteiger partial charge in [-0.1, -0.05) is 28.1 Å². The van der Waals surface area contributed by atoms with Crippen LogP contribution in [0.5, 0.6) is 5.75 Å². The number of para-hydroxylation sites is 1. The number of hydrogen-bond acceptors (Lipinski definition) is 7. The molecule has 38 heavy (non-hydrogen) atoms. The minimum absolute atomic E-state index is 0.209. The number of nitrogens with zero attached hydrogens (tertiary/aromatic N) is 3. The lowest BCUT2D eigenvalue weighted by Crippen LogP contribution is -2.20. The molecular formula is C28H21Br2N3O5. The number of carbonyl (C=O) groups excluding carboxylic acids is 1. The Kier molecular flexibility index (Phi) is 7.44. The number of aromatic nitrogens is 2. The molecule has 3 aromatic carbocycles. The predicted molar refractivity (Wildman–Crippen MR) is 153 cm³/mol. The molecule has 0 atom stereocenters. The first-order chi connectivity index (χ1) is 18.3. The summed E-state index contributed by atoms with van der Waals surface area (Å²) < 4.78 is 19.4. The average molecular weight is 639 g/mol. The lowest BCUT2D eigenvalue weighted by Gasteiger charge is -2.10. The maximum Gasteiger partial charge on any atom is 0.344 e. The summed E-state index contributed by atoms with van der Waals surface area (Å²) in [6.45, 7) is 3.34. The first-order valence-electron chi connectivity index (χ1n) is 11.7. The molecule has 0 aliphatic carbocycles. The second-order valence-corrected chi connectivity index (χ2v) is 10.4. The van der Waals surface area contributed by atoms with E-state index in [0.29, 0.717) is 38.0 Å². The van der Waals surface area contributed by atoms with Crippen LogP contribution in [0.4, 0.5) is 0 Å². The molecule has 5 aromatic rings. The van der Waals surface area contributed by atoms with Gasteiger partial charge in [0.05, 0.1) is 27.7 Å². The standard InChI is InChI=1S/C28H21Br2N3O5/c1-16(2)37-26(34)15-36-24-9-7-17(11-21(24)30)14-31-33-27(32-22-6-4-3-5-20(22)28(33)35)25-13-18-12-19(29)8-10-23(18)38-25/h3-14,16H,15H2,1-2H3. The molecule has 0 aliphatic rings. The Morgan fingerprint density at radius 2 is 1.92 bits per heavy atom. The van der Waals surface area contributed by atoms with Crippen LogP contribution in [-0.4, -0.2) is 34.6 Å². The Morgan fingerprint density at radius 1 is 1.11 bits per heavy atom. The quantitative estimate of drug-likeness (QED) is 0.148. The van der Waals surface area contributed by atoms with Crippen molar-refractivity contribution in [2.75, 3.05) is 6.61 Å². The number of furan rings is 1. The SMILES string of the molecule is CC(C)OC(=O)COc1ccc(C=Nn2c(-c3cc4cc(Br)ccc4o3)nc3ccccc3c2=O)cc1Br. The maximum atomic E-state index is 13.4. The normalized spacial score (nSPS) is 11.6. The van der Waals surface area contributed by atoms with E-state index < -0.39 is 5.97 Å². The van der Waals surface area contributed by atoms with Crippen LogP contribution in [0.2, 0.25) is 0 Å². The Balaban J connectivity index is 1.50. The van der Waals surface area contributed by atoms with Crippen LogP contribution in [-0.2, 0) is 9.53 Å². The fraction of sp³-hybridized carbons (Fsp3) is 0.143. The molecule has 2 heterocycles. The van der Waals surface area contributed by atoms with Gasteiger partial charge < -0.3 is 13.9 Å². The monoisotopic (exact) mass is 637 g/mol. The molecule has 0 saturated heterocycles. The summed E-state index contributed by atoms with van der Waals surface area (Å²) in [4.78, 5) is 29.9. The molecule has 0 amide bonds. The predicted octanol–water partition coefficient (Wildman–Crippen LogP) is 6.55. The lowest BCUT2D eigenvalue weighted by atomic mass is 10.2. The zero-order chi connectivity index (χ0) is 26.8. The molecule has 8 nitrogen and oxygen atoms in total. The van der Waals surface area contributed by atoms with Gasteiger partial charge in [0.1, 0.15) is 11.3 Å². The summed E-state index contributed by atoms with van der Waals surface area (Å²) in [6.07, 6.45) is 1.33. The highest BCUT2D eigenvalue weighted by atomic mass is 79.9. The second kappa shape index (κ2) is 10.9. The minimum Gasteiger partial charge on any atom is -0.481 e. The smallest absolute Gasteiger partial charge is 0.344 e. The number of rotatable bonds is 7. The number of hydrogen-bond donors (Lipinski definition) is 0. The molecule has 0 N–H and O–H groups in total. The summed E-state index contributed by atoms with van der Waals surface area (Å²) in [6, 6.07) is 19.8. The van der Waals surface area contributed by atoms with Crippen LogP contribution in [0.25, 0.3) is 33.5 Å². The van der Waals surface area contributed by atoms with Gasteiger partial charge in [-0.3, -0.25) is 4.79 Å². The van der Waals surface area contributed by atoms with E-state index in [1.165, 1.54) is 4.68 Å². The van der Waals surface area contributed by atoms with Crippen molar-refractivity contribution < 1.29 is 18.7 Å². The Morgan fingerprint density at radius 3 is 2.71 bits per heavy atom. The summed E-state index contributed by atoms with van der Waals surface area (Å²) in [5.74, 6) is 0.712. The first kappa shape index (κ1) is 25.9. The molecule has 10 heteroatoms. The summed E-state index contributed by atoms with van der Waals surface area (Å²) in [5.41, 5.74) is 1.57. The first-order valence-corrected chi connectivity index (χ1v) is 13.2. The molecular weight excluding hydrogens is 618 g/mol. The van der Waals surface area contributed by atoms with Gasteiger partial charge in [-0.25, -0.2) is 9.78 Å². The molecule has 0 aliphatic heterocycles. The van der Waals surface area contributed by atoms with E-state index in [0.717, 1.165) is 9.86 Å². The van der Waals surface area contributed by atoms with Gasteiger partial charge in [-0.2, -0.15) is 9.78 Å². The molecule has 5 rings (SSSR count). The Labute approximate surface area is 234 Å². The van der Waals surface area contributed by atoms with E-state index in [-0.39, 0.29) is 24.1 Å². The average Bonchev–Trinajstić information content (AvgIpc) is 3.30. The van der Waals surface area contributed by atoms with Crippen molar-refractivity contribution in [1.29, 1.82) is 0 Å². The molecule has 0 fully saturated rings. The van der Waals surface area contributed by atoms with Crippen molar-refractivity contribution in [3.8, 4) is 17.3 Å². The van der Waals surface area contributed by atoms with Gasteiger partial charge in [0.15, 0.2) is 12.4 Å². The van der Waals surface area contributed by atoms with E-state index in [2.05, 4.69) is 37.0 Å². The third-order valence-electron chi connectivity index (χ3n) is 5.44. The van der Waals surface area contributed by atoms with Gasteiger partial charge >= 0.3 is 5.97 Å². The Hall–Kier alpha value is -3.76. The molecule has 0 saturated carbocycles. The second-order valence-electron chi connectivity index (χ2n) is 8.62. The number of benzene rings is 3. The van der Waals surface area contributed by atoms with Crippen molar-refractivity contribution in [3.63, 3.8) is 0 Å². The minimum atomic E-state index is -0.453. The lowest BCUT2D eigenvalue weighted by molar-refractivity contribution is -0.149. The van der Waals surface area contributed by atoms with Gasteiger partial charge in [0.25, 0.3) is 5.56 Å². The van der Waals surface area contributed by atoms with Gasteiger partial charge in [0, 0.05) is 9.86 Å². The molecule has 2 aromatic heterocycles. The number of esters is 1. The fourth-order valence-corrected chi connectivity index (χ4v) is 4.68. The molecule has 0 unspecified atom stereocenters. The number of fused-ring (bicyclic) bond motifs is 2. The molecule has 0 spiro atoms. The van der Waals surface area contributed by atoms with Crippen molar-refractivity contribution in [1.82, 2.24) is 9.66 Å². The summed E-state index contributed by atoms with van der Waals surface area (Å²) in [5, 5.41) is 5.78. The van der Waals surface area contributed by atoms with Crippen LogP contribution >= 0.6 is 31.9 Å². The van der Waals surface area contributed by atoms with Crippen LogP contribution in [0.1, 0.15) is 19.4 Å². The number of carbonyl (C=O) groups is 1. The van der Waals surface area contributed by atoms with E-state index in [1.54, 1.807) is 56.5 Å². The van der Waals surface area contributed by atoms with Gasteiger partial charge in [-0.05, 0) is 89.9 Å². The highest BCUT2D eigenvalue weighted by Crippen LogP contribution is 2.29. The molecule has 0 radical (unpaired) electrons. The highest BCUT2D eigenvalue weighted by Gasteiger charge is 2.17. The summed E-state index contributed by atoms with van der Waals surface area (Å²) in [7, 11) is 0. The van der Waals surface area contributed by atoms with Crippen LogP contribution < -0.4 is 10.3 Å². The van der Waals surface area contributed by atoms with Crippen molar-refractivity contribution in [2.24, 2.45) is 5.10 Å². The van der Waals surface area contributed by atoms with Crippen molar-refractivity contribution in [2.45, 2.75) is 20.0 Å². The topological polar surface area (TPSA) is 95.9 Å². The number of halogens is 2. The fourth-order valence-electron chi connectivity index (χ4n) is 3.79. The summed E-state index contributed by atoms with van der Waals surface area (Å²) >= 11 is 6.93. The van der Waals surface area contributed by atoms with Crippen LogP contribution in [0.3, 0.4) is 0 Å². The van der Waals surface area contributed by atoms with E-state index >= 15 is 0 Å². The zero-order valence-electron chi connectivity index (χ0n) is 20.4. The van der Waals surface area contributed by atoms with Crippen molar-refractivity contribution in [3.05, 3.63) is 91.6 Å².